The zero-order valence-electron chi connectivity index (χ0n) is 12.0. The van der Waals surface area contributed by atoms with Gasteiger partial charge in [0.1, 0.15) is 0 Å². The van der Waals surface area contributed by atoms with Crippen LogP contribution in [0.15, 0.2) is 34.1 Å². The standard InChI is InChI=1S/C15H14BrN3O2S/c1-9(20)17-13-5-3-11(16)7-14(13)19-15(21)6-4-12-8-22-10(2)18-12/h3-8H,1-2H3,(H,17,20)(H,19,21)/b6-4+. The van der Waals surface area contributed by atoms with Crippen molar-refractivity contribution in [2.24, 2.45) is 0 Å². The Bertz CT molecular complexity index is 740. The fourth-order valence-corrected chi connectivity index (χ4v) is 2.65. The molecule has 0 saturated heterocycles. The van der Waals surface area contributed by atoms with Crippen LogP contribution in [0.25, 0.3) is 6.08 Å². The fourth-order valence-electron chi connectivity index (χ4n) is 1.71. The average Bonchev–Trinajstić information content (AvgIpc) is 2.85. The summed E-state index contributed by atoms with van der Waals surface area (Å²) >= 11 is 4.86. The van der Waals surface area contributed by atoms with Gasteiger partial charge in [0.25, 0.3) is 0 Å². The molecule has 114 valence electrons. The minimum Gasteiger partial charge on any atom is -0.325 e. The highest BCUT2D eigenvalue weighted by Gasteiger charge is 2.07. The van der Waals surface area contributed by atoms with Crippen LogP contribution in [0.1, 0.15) is 17.6 Å². The summed E-state index contributed by atoms with van der Waals surface area (Å²) in [5.41, 5.74) is 1.81. The molecule has 0 saturated carbocycles. The lowest BCUT2D eigenvalue weighted by atomic mass is 10.2. The average molecular weight is 380 g/mol. The number of hydrogen-bond donors (Lipinski definition) is 2. The number of nitrogens with zero attached hydrogens (tertiary/aromatic N) is 1. The number of thiazole rings is 1. The van der Waals surface area contributed by atoms with Crippen LogP contribution in [0.5, 0.6) is 0 Å². The number of anilines is 2. The quantitative estimate of drug-likeness (QED) is 0.793. The number of carbonyl (C=O) groups excluding carboxylic acids is 2. The van der Waals surface area contributed by atoms with Gasteiger partial charge < -0.3 is 10.6 Å². The molecule has 7 heteroatoms. The summed E-state index contributed by atoms with van der Waals surface area (Å²) in [6, 6.07) is 5.23. The van der Waals surface area contributed by atoms with Gasteiger partial charge in [0.15, 0.2) is 0 Å². The molecule has 5 nitrogen and oxygen atoms in total. The van der Waals surface area contributed by atoms with Gasteiger partial charge in [-0.15, -0.1) is 11.3 Å². The van der Waals surface area contributed by atoms with Crippen molar-refractivity contribution in [3.8, 4) is 0 Å². The molecule has 2 N–H and O–H groups in total. The van der Waals surface area contributed by atoms with E-state index in [0.717, 1.165) is 15.2 Å². The van der Waals surface area contributed by atoms with Crippen LogP contribution in [-0.2, 0) is 9.59 Å². The maximum Gasteiger partial charge on any atom is 0.248 e. The van der Waals surface area contributed by atoms with Gasteiger partial charge in [-0.2, -0.15) is 0 Å². The lowest BCUT2D eigenvalue weighted by Gasteiger charge is -2.10. The predicted octanol–water partition coefficient (Wildman–Crippen LogP) is 3.82. The first kappa shape index (κ1) is 16.4. The van der Waals surface area contributed by atoms with Gasteiger partial charge in [-0.25, -0.2) is 4.98 Å². The molecule has 1 aromatic carbocycles. The van der Waals surface area contributed by atoms with E-state index in [-0.39, 0.29) is 11.8 Å². The highest BCUT2D eigenvalue weighted by atomic mass is 79.9. The van der Waals surface area contributed by atoms with Crippen molar-refractivity contribution >= 4 is 56.5 Å². The highest BCUT2D eigenvalue weighted by Crippen LogP contribution is 2.26. The van der Waals surface area contributed by atoms with Gasteiger partial charge in [-0.05, 0) is 31.2 Å². The molecule has 0 spiro atoms. The normalized spacial score (nSPS) is 10.7. The van der Waals surface area contributed by atoms with E-state index in [9.17, 15) is 9.59 Å². The lowest BCUT2D eigenvalue weighted by molar-refractivity contribution is -0.114. The summed E-state index contributed by atoms with van der Waals surface area (Å²) in [5, 5.41) is 8.23. The number of halogens is 1. The predicted molar refractivity (Wildman–Crippen MR) is 93.0 cm³/mol. The Morgan fingerprint density at radius 2 is 2.05 bits per heavy atom. The fraction of sp³-hybridized carbons (Fsp3) is 0.133. The molecule has 0 atom stereocenters. The first-order valence-corrected chi connectivity index (χ1v) is 8.09. The van der Waals surface area contributed by atoms with Crippen LogP contribution < -0.4 is 10.6 Å². The van der Waals surface area contributed by atoms with Gasteiger partial charge in [-0.3, -0.25) is 9.59 Å². The van der Waals surface area contributed by atoms with Crippen LogP contribution in [0.3, 0.4) is 0 Å². The molecule has 0 bridgehead atoms. The molecule has 1 heterocycles. The van der Waals surface area contributed by atoms with E-state index < -0.39 is 0 Å². The second kappa shape index (κ2) is 7.33. The zero-order valence-corrected chi connectivity index (χ0v) is 14.4. The van der Waals surface area contributed by atoms with Gasteiger partial charge >= 0.3 is 0 Å². The monoisotopic (exact) mass is 379 g/mol. The third-order valence-electron chi connectivity index (χ3n) is 2.59. The molecule has 2 rings (SSSR count). The Morgan fingerprint density at radius 1 is 1.27 bits per heavy atom. The van der Waals surface area contributed by atoms with E-state index in [2.05, 4.69) is 31.5 Å². The van der Waals surface area contributed by atoms with Gasteiger partial charge in [0.2, 0.25) is 11.8 Å². The summed E-state index contributed by atoms with van der Waals surface area (Å²) in [7, 11) is 0. The molecular weight excluding hydrogens is 366 g/mol. The molecule has 0 radical (unpaired) electrons. The second-order valence-corrected chi connectivity index (χ2v) is 6.46. The molecule has 0 unspecified atom stereocenters. The van der Waals surface area contributed by atoms with Crippen molar-refractivity contribution < 1.29 is 9.59 Å². The zero-order chi connectivity index (χ0) is 16.1. The minimum atomic E-state index is -0.296. The first-order chi connectivity index (χ1) is 10.4. The van der Waals surface area contributed by atoms with Crippen LogP contribution in [0, 0.1) is 6.92 Å². The number of amides is 2. The SMILES string of the molecule is CC(=O)Nc1ccc(Br)cc1NC(=O)/C=C/c1csc(C)n1. The summed E-state index contributed by atoms with van der Waals surface area (Å²) in [5.74, 6) is -0.498. The van der Waals surface area contributed by atoms with E-state index >= 15 is 0 Å². The van der Waals surface area contributed by atoms with Crippen LogP contribution in [-0.4, -0.2) is 16.8 Å². The Morgan fingerprint density at radius 3 is 2.68 bits per heavy atom. The molecule has 0 fully saturated rings. The number of aromatic nitrogens is 1. The number of hydrogen-bond acceptors (Lipinski definition) is 4. The van der Waals surface area contributed by atoms with E-state index in [1.54, 1.807) is 24.3 Å². The summed E-state index contributed by atoms with van der Waals surface area (Å²) in [4.78, 5) is 27.4. The van der Waals surface area contributed by atoms with Gasteiger partial charge in [0, 0.05) is 22.9 Å². The molecule has 0 aliphatic rings. The number of nitrogens with one attached hydrogen (secondary N) is 2. The molecule has 2 aromatic rings. The first-order valence-electron chi connectivity index (χ1n) is 6.42. The Labute approximate surface area is 140 Å². The van der Waals surface area contributed by atoms with Crippen molar-refractivity contribution in [3.05, 3.63) is 44.8 Å². The molecule has 2 amide bonds. The summed E-state index contributed by atoms with van der Waals surface area (Å²) in [6.07, 6.45) is 3.06. The summed E-state index contributed by atoms with van der Waals surface area (Å²) in [6.45, 7) is 3.32. The van der Waals surface area contributed by atoms with E-state index in [1.165, 1.54) is 24.3 Å². The number of benzene rings is 1. The largest absolute Gasteiger partial charge is 0.325 e. The Hall–Kier alpha value is -1.99. The summed E-state index contributed by atoms with van der Waals surface area (Å²) < 4.78 is 0.802. The van der Waals surface area contributed by atoms with Gasteiger partial charge in [0.05, 0.1) is 22.1 Å². The molecule has 0 aliphatic heterocycles. The Kier molecular flexibility index (Phi) is 5.46. The van der Waals surface area contributed by atoms with Crippen LogP contribution in [0.2, 0.25) is 0 Å². The smallest absolute Gasteiger partial charge is 0.248 e. The van der Waals surface area contributed by atoms with E-state index in [1.807, 2.05) is 12.3 Å². The minimum absolute atomic E-state index is 0.202. The Balaban J connectivity index is 2.12. The third kappa shape index (κ3) is 4.78. The van der Waals surface area contributed by atoms with Crippen molar-refractivity contribution in [1.29, 1.82) is 0 Å². The number of carbonyl (C=O) groups is 2. The lowest BCUT2D eigenvalue weighted by Crippen LogP contribution is -2.13. The van der Waals surface area contributed by atoms with E-state index in [0.29, 0.717) is 11.4 Å². The molecule has 22 heavy (non-hydrogen) atoms. The third-order valence-corrected chi connectivity index (χ3v) is 3.88. The highest BCUT2D eigenvalue weighted by molar-refractivity contribution is 9.10. The van der Waals surface area contributed by atoms with E-state index in [4.69, 9.17) is 0 Å². The topological polar surface area (TPSA) is 71.1 Å². The van der Waals surface area contributed by atoms with Crippen molar-refractivity contribution in [2.45, 2.75) is 13.8 Å². The molecular formula is C15H14BrN3O2S. The van der Waals surface area contributed by atoms with Crippen LogP contribution in [0.4, 0.5) is 11.4 Å². The number of rotatable bonds is 4. The number of aryl methyl sites for hydroxylation is 1. The maximum absolute atomic E-state index is 12.0. The molecule has 0 aliphatic carbocycles. The van der Waals surface area contributed by atoms with Crippen molar-refractivity contribution in [1.82, 2.24) is 4.98 Å². The van der Waals surface area contributed by atoms with Gasteiger partial charge in [-0.1, -0.05) is 15.9 Å². The molecule has 1 aromatic heterocycles. The maximum atomic E-state index is 12.0. The van der Waals surface area contributed by atoms with Crippen molar-refractivity contribution in [2.75, 3.05) is 10.6 Å². The van der Waals surface area contributed by atoms with Crippen molar-refractivity contribution in [3.63, 3.8) is 0 Å². The van der Waals surface area contributed by atoms with Crippen LogP contribution >= 0.6 is 27.3 Å². The second-order valence-electron chi connectivity index (χ2n) is 4.49.